The van der Waals surface area contributed by atoms with Crippen molar-refractivity contribution in [3.8, 4) is 0 Å². The van der Waals surface area contributed by atoms with Gasteiger partial charge in [-0.3, -0.25) is 0 Å². The van der Waals surface area contributed by atoms with Gasteiger partial charge >= 0.3 is 152 Å². The molecule has 3 nitrogen and oxygen atoms in total. The largest absolute Gasteiger partial charge is 1.00 e. The molecule has 135 valence electrons. The van der Waals surface area contributed by atoms with Crippen molar-refractivity contribution in [2.75, 3.05) is 41.3 Å². The van der Waals surface area contributed by atoms with Crippen LogP contribution < -0.4 is 48.0 Å². The monoisotopic (exact) mass is 516 g/mol. The van der Waals surface area contributed by atoms with Crippen LogP contribution >= 0.6 is 0 Å². The Hall–Kier alpha value is -0.911. The Bertz CT molecular complexity index is 653. The van der Waals surface area contributed by atoms with Crippen molar-refractivity contribution in [1.29, 1.82) is 0 Å². The smallest absolute Gasteiger partial charge is 1.00 e. The number of benzene rings is 2. The molecule has 0 saturated carbocycles. The molecule has 0 bridgehead atoms. The van der Waals surface area contributed by atoms with Gasteiger partial charge in [0.25, 0.3) is 0 Å². The first-order valence-electron chi connectivity index (χ1n) is 8.92. The molecule has 0 amide bonds. The molecule has 0 unspecified atom stereocenters. The summed E-state index contributed by atoms with van der Waals surface area (Å²) in [6, 6.07) is 13.7. The second kappa shape index (κ2) is 9.15. The third kappa shape index (κ3) is 4.26. The van der Waals surface area contributed by atoms with Crippen LogP contribution in [-0.4, -0.2) is 41.1 Å². The van der Waals surface area contributed by atoms with Crippen LogP contribution in [0.25, 0.3) is 0 Å². The SMILES string of the molecule is CCN(CC)c1ccc2c(c1)[Se+]c1cc(N(CC)CC)ccc1N2.[I-]. The molecule has 25 heavy (non-hydrogen) atoms. The summed E-state index contributed by atoms with van der Waals surface area (Å²) in [4.78, 5) is 4.83. The van der Waals surface area contributed by atoms with Crippen LogP contribution in [0.2, 0.25) is 0 Å². The number of hydrogen-bond acceptors (Lipinski definition) is 3. The number of hydrogen-bond donors (Lipinski definition) is 1. The van der Waals surface area contributed by atoms with Gasteiger partial charge in [0.1, 0.15) is 0 Å². The van der Waals surface area contributed by atoms with Crippen LogP contribution in [0.1, 0.15) is 27.7 Å². The van der Waals surface area contributed by atoms with Crippen molar-refractivity contribution >= 4 is 46.6 Å². The molecule has 1 aliphatic heterocycles. The van der Waals surface area contributed by atoms with Crippen molar-refractivity contribution < 1.29 is 24.0 Å². The van der Waals surface area contributed by atoms with Crippen LogP contribution in [0, 0.1) is 0 Å². The molecule has 1 heterocycles. The minimum atomic E-state index is 0. The molecule has 2 aromatic rings. The molecular weight excluding hydrogens is 488 g/mol. The number of fused-ring (bicyclic) bond motifs is 2. The number of nitrogens with one attached hydrogen (secondary N) is 1. The van der Waals surface area contributed by atoms with Crippen molar-refractivity contribution in [3.63, 3.8) is 0 Å². The van der Waals surface area contributed by atoms with Crippen LogP contribution in [0.5, 0.6) is 0 Å². The average molecular weight is 515 g/mol. The van der Waals surface area contributed by atoms with Gasteiger partial charge in [0.05, 0.1) is 0 Å². The van der Waals surface area contributed by atoms with E-state index in [0.717, 1.165) is 26.2 Å². The zero-order valence-electron chi connectivity index (χ0n) is 15.5. The fraction of sp³-hybridized carbons (Fsp3) is 0.400. The molecule has 5 heteroatoms. The summed E-state index contributed by atoms with van der Waals surface area (Å²) in [7, 11) is 0. The van der Waals surface area contributed by atoms with E-state index in [1.165, 1.54) is 31.7 Å². The van der Waals surface area contributed by atoms with Gasteiger partial charge in [0.15, 0.2) is 0 Å². The van der Waals surface area contributed by atoms with E-state index in [2.05, 4.69) is 79.2 Å². The van der Waals surface area contributed by atoms with E-state index in [1.807, 2.05) is 0 Å². The second-order valence-corrected chi connectivity index (χ2v) is 8.21. The summed E-state index contributed by atoms with van der Waals surface area (Å²) < 4.78 is 2.91. The molecule has 1 N–H and O–H groups in total. The summed E-state index contributed by atoms with van der Waals surface area (Å²) in [5.74, 6) is 0. The summed E-state index contributed by atoms with van der Waals surface area (Å²) in [5, 5.41) is 3.62. The van der Waals surface area contributed by atoms with E-state index in [9.17, 15) is 0 Å². The average Bonchev–Trinajstić information content (AvgIpc) is 2.62. The van der Waals surface area contributed by atoms with Gasteiger partial charge in [-0.15, -0.1) is 0 Å². The Labute approximate surface area is 175 Å². The van der Waals surface area contributed by atoms with E-state index in [4.69, 9.17) is 0 Å². The number of anilines is 4. The molecule has 1 aliphatic rings. The van der Waals surface area contributed by atoms with Gasteiger partial charge in [-0.1, -0.05) is 0 Å². The molecule has 0 atom stereocenters. The first-order valence-corrected chi connectivity index (χ1v) is 10.6. The maximum atomic E-state index is 3.62. The Morgan fingerprint density at radius 1 is 0.720 bits per heavy atom. The van der Waals surface area contributed by atoms with Gasteiger partial charge in [-0.05, 0) is 0 Å². The number of halogens is 1. The van der Waals surface area contributed by atoms with E-state index in [-0.39, 0.29) is 24.0 Å². The Morgan fingerprint density at radius 2 is 1.12 bits per heavy atom. The quantitative estimate of drug-likeness (QED) is 0.371. The third-order valence-corrected chi connectivity index (χ3v) is 7.02. The molecule has 1 radical (unpaired) electrons. The standard InChI is InChI=1S/C20H27N3Se.HI/c1-5-22(6-2)15-9-11-17-19(13-15)24-20-14-16(23(7-3)8-4)10-12-18(20)21-17;/h9-14,21H,5-8H2,1-4H3;1H/q+1;/p-1. The Balaban J connectivity index is 0.00000225. The first kappa shape index (κ1) is 20.4. The minimum absolute atomic E-state index is 0. The van der Waals surface area contributed by atoms with Crippen molar-refractivity contribution in [3.05, 3.63) is 36.4 Å². The van der Waals surface area contributed by atoms with Gasteiger partial charge < -0.3 is 24.0 Å². The molecular formula is C20H27IN3Se. The molecule has 0 fully saturated rings. The third-order valence-electron chi connectivity index (χ3n) is 4.68. The van der Waals surface area contributed by atoms with Crippen molar-refractivity contribution in [1.82, 2.24) is 0 Å². The maximum Gasteiger partial charge on any atom is -1.00 e. The fourth-order valence-electron chi connectivity index (χ4n) is 3.23. The zero-order valence-corrected chi connectivity index (χ0v) is 19.3. The molecule has 0 saturated heterocycles. The molecule has 3 rings (SSSR count). The summed E-state index contributed by atoms with van der Waals surface area (Å²) in [6.45, 7) is 13.1. The molecule has 0 spiro atoms. The topological polar surface area (TPSA) is 18.5 Å². The molecule has 2 aromatic carbocycles. The summed E-state index contributed by atoms with van der Waals surface area (Å²) >= 11 is 0.349. The van der Waals surface area contributed by atoms with Gasteiger partial charge in [0.2, 0.25) is 0 Å². The predicted molar refractivity (Wildman–Crippen MR) is 108 cm³/mol. The van der Waals surface area contributed by atoms with E-state index in [1.54, 1.807) is 0 Å². The number of nitrogens with zero attached hydrogens (tertiary/aromatic N) is 2. The van der Waals surface area contributed by atoms with Crippen LogP contribution in [0.3, 0.4) is 0 Å². The van der Waals surface area contributed by atoms with E-state index >= 15 is 0 Å². The maximum absolute atomic E-state index is 3.62. The molecule has 0 aromatic heterocycles. The number of rotatable bonds is 6. The van der Waals surface area contributed by atoms with E-state index in [0.29, 0.717) is 15.0 Å². The normalized spacial score (nSPS) is 11.7. The van der Waals surface area contributed by atoms with Crippen LogP contribution in [-0.2, 0) is 0 Å². The van der Waals surface area contributed by atoms with Crippen LogP contribution in [0.4, 0.5) is 22.7 Å². The minimum Gasteiger partial charge on any atom is -1.00 e. The van der Waals surface area contributed by atoms with Crippen molar-refractivity contribution in [2.45, 2.75) is 27.7 Å². The van der Waals surface area contributed by atoms with Gasteiger partial charge in [-0.2, -0.15) is 0 Å². The fourth-order valence-corrected chi connectivity index (χ4v) is 5.44. The Morgan fingerprint density at radius 3 is 1.48 bits per heavy atom. The summed E-state index contributed by atoms with van der Waals surface area (Å²) in [5.41, 5.74) is 5.22. The summed E-state index contributed by atoms with van der Waals surface area (Å²) in [6.07, 6.45) is 0. The predicted octanol–water partition coefficient (Wildman–Crippen LogP) is 0.0950. The molecule has 0 aliphatic carbocycles. The Kier molecular flexibility index (Phi) is 7.47. The first-order chi connectivity index (χ1) is 11.7. The van der Waals surface area contributed by atoms with Crippen LogP contribution in [0.15, 0.2) is 36.4 Å². The van der Waals surface area contributed by atoms with E-state index < -0.39 is 0 Å². The van der Waals surface area contributed by atoms with Crippen molar-refractivity contribution in [2.24, 2.45) is 0 Å². The zero-order chi connectivity index (χ0) is 17.1. The van der Waals surface area contributed by atoms with Gasteiger partial charge in [0, 0.05) is 0 Å². The van der Waals surface area contributed by atoms with Gasteiger partial charge in [-0.25, -0.2) is 0 Å². The second-order valence-electron chi connectivity index (χ2n) is 5.93.